The van der Waals surface area contributed by atoms with Crippen molar-refractivity contribution in [3.63, 3.8) is 0 Å². The molecule has 2 aromatic carbocycles. The highest BCUT2D eigenvalue weighted by Crippen LogP contribution is 2.27. The minimum Gasteiger partial charge on any atom is -0.488 e. The van der Waals surface area contributed by atoms with E-state index in [0.717, 1.165) is 24.1 Å². The molecular weight excluding hydrogens is 396 g/mol. The van der Waals surface area contributed by atoms with Crippen LogP contribution < -0.4 is 10.1 Å². The lowest BCUT2D eigenvalue weighted by Gasteiger charge is -2.19. The first-order chi connectivity index (χ1) is 15.0. The van der Waals surface area contributed by atoms with Crippen molar-refractivity contribution >= 4 is 11.9 Å². The van der Waals surface area contributed by atoms with Gasteiger partial charge in [0, 0.05) is 11.6 Å². The Labute approximate surface area is 180 Å². The summed E-state index contributed by atoms with van der Waals surface area (Å²) in [7, 11) is 0. The molecule has 1 fully saturated rings. The van der Waals surface area contributed by atoms with Gasteiger partial charge in [-0.25, -0.2) is 4.79 Å². The van der Waals surface area contributed by atoms with Gasteiger partial charge < -0.3 is 19.3 Å². The van der Waals surface area contributed by atoms with E-state index in [2.05, 4.69) is 10.5 Å². The first-order valence-electron chi connectivity index (χ1n) is 10.2. The molecule has 7 heteroatoms. The number of aryl methyl sites for hydroxylation is 2. The SMILES string of the molecule is Cc1noc(C)c1COc1ccccc1C(=O)O[C@@H](C(=O)NC1CC1)c1ccccc1. The van der Waals surface area contributed by atoms with Gasteiger partial charge in [0.2, 0.25) is 6.10 Å². The highest BCUT2D eigenvalue weighted by atomic mass is 16.6. The average molecular weight is 420 g/mol. The van der Waals surface area contributed by atoms with Crippen molar-refractivity contribution in [3.05, 3.63) is 82.7 Å². The minimum atomic E-state index is -1.04. The highest BCUT2D eigenvalue weighted by molar-refractivity contribution is 5.95. The summed E-state index contributed by atoms with van der Waals surface area (Å²) >= 11 is 0. The molecule has 1 heterocycles. The number of nitrogens with one attached hydrogen (secondary N) is 1. The quantitative estimate of drug-likeness (QED) is 0.553. The fourth-order valence-electron chi connectivity index (χ4n) is 3.19. The van der Waals surface area contributed by atoms with Crippen LogP contribution in [-0.4, -0.2) is 23.1 Å². The molecule has 1 saturated carbocycles. The van der Waals surface area contributed by atoms with Crippen LogP contribution in [0.4, 0.5) is 0 Å². The molecule has 0 unspecified atom stereocenters. The van der Waals surface area contributed by atoms with Crippen LogP contribution in [0.2, 0.25) is 0 Å². The van der Waals surface area contributed by atoms with Crippen LogP contribution in [0.1, 0.15) is 51.9 Å². The number of amides is 1. The molecule has 0 bridgehead atoms. The molecule has 3 aromatic rings. The predicted molar refractivity (Wildman–Crippen MR) is 113 cm³/mol. The number of nitrogens with zero attached hydrogens (tertiary/aromatic N) is 1. The molecule has 4 rings (SSSR count). The van der Waals surface area contributed by atoms with Gasteiger partial charge in [0.25, 0.3) is 5.91 Å². The van der Waals surface area contributed by atoms with Crippen LogP contribution in [0.5, 0.6) is 5.75 Å². The van der Waals surface area contributed by atoms with E-state index in [1.54, 1.807) is 48.5 Å². The average Bonchev–Trinajstić information content (AvgIpc) is 3.54. The van der Waals surface area contributed by atoms with Crippen molar-refractivity contribution in [2.24, 2.45) is 0 Å². The van der Waals surface area contributed by atoms with Crippen molar-refractivity contribution in [1.29, 1.82) is 0 Å². The number of carbonyl (C=O) groups is 2. The van der Waals surface area contributed by atoms with Crippen LogP contribution in [0.3, 0.4) is 0 Å². The molecule has 1 aliphatic carbocycles. The third kappa shape index (κ3) is 4.94. The molecule has 0 spiro atoms. The predicted octanol–water partition coefficient (Wildman–Crippen LogP) is 4.05. The van der Waals surface area contributed by atoms with E-state index in [-0.39, 0.29) is 24.1 Å². The number of esters is 1. The summed E-state index contributed by atoms with van der Waals surface area (Å²) in [5, 5.41) is 6.83. The Kier molecular flexibility index (Phi) is 6.02. The van der Waals surface area contributed by atoms with Gasteiger partial charge in [0.1, 0.15) is 23.7 Å². The first kappa shape index (κ1) is 20.7. The Bertz CT molecular complexity index is 1050. The molecule has 1 aliphatic rings. The summed E-state index contributed by atoms with van der Waals surface area (Å²) in [6.45, 7) is 3.84. The van der Waals surface area contributed by atoms with Gasteiger partial charge in [-0.3, -0.25) is 4.79 Å². The second-order valence-corrected chi connectivity index (χ2v) is 7.57. The number of hydrogen-bond acceptors (Lipinski definition) is 6. The fraction of sp³-hybridized carbons (Fsp3) is 0.292. The topological polar surface area (TPSA) is 90.7 Å². The molecule has 1 atom stereocenters. The normalized spacial score (nSPS) is 14.0. The van der Waals surface area contributed by atoms with Gasteiger partial charge in [0.15, 0.2) is 0 Å². The number of rotatable bonds is 8. The number of ether oxygens (including phenoxy) is 2. The second kappa shape index (κ2) is 9.04. The Morgan fingerprint density at radius 2 is 1.81 bits per heavy atom. The van der Waals surface area contributed by atoms with Gasteiger partial charge in [-0.1, -0.05) is 47.6 Å². The Morgan fingerprint density at radius 3 is 2.48 bits per heavy atom. The smallest absolute Gasteiger partial charge is 0.343 e. The maximum atomic E-state index is 13.0. The lowest BCUT2D eigenvalue weighted by atomic mass is 10.1. The van der Waals surface area contributed by atoms with E-state index in [1.807, 2.05) is 19.9 Å². The summed E-state index contributed by atoms with van der Waals surface area (Å²) in [5.74, 6) is 0.0747. The zero-order valence-corrected chi connectivity index (χ0v) is 17.5. The van der Waals surface area contributed by atoms with Crippen molar-refractivity contribution in [3.8, 4) is 5.75 Å². The largest absolute Gasteiger partial charge is 0.488 e. The Balaban J connectivity index is 1.53. The number of para-hydroxylation sites is 1. The zero-order chi connectivity index (χ0) is 21.8. The zero-order valence-electron chi connectivity index (χ0n) is 17.5. The van der Waals surface area contributed by atoms with E-state index in [9.17, 15) is 9.59 Å². The van der Waals surface area contributed by atoms with Crippen LogP contribution in [0, 0.1) is 13.8 Å². The first-order valence-corrected chi connectivity index (χ1v) is 10.2. The van der Waals surface area contributed by atoms with E-state index in [0.29, 0.717) is 17.1 Å². The molecule has 0 aliphatic heterocycles. The minimum absolute atomic E-state index is 0.156. The molecule has 0 radical (unpaired) electrons. The lowest BCUT2D eigenvalue weighted by Crippen LogP contribution is -2.33. The van der Waals surface area contributed by atoms with E-state index >= 15 is 0 Å². The number of benzene rings is 2. The molecule has 1 N–H and O–H groups in total. The number of aromatic nitrogens is 1. The van der Waals surface area contributed by atoms with Crippen LogP contribution >= 0.6 is 0 Å². The Hall–Kier alpha value is -3.61. The van der Waals surface area contributed by atoms with Gasteiger partial charge in [0.05, 0.1) is 11.3 Å². The lowest BCUT2D eigenvalue weighted by molar-refractivity contribution is -0.130. The van der Waals surface area contributed by atoms with Crippen LogP contribution in [-0.2, 0) is 16.1 Å². The Morgan fingerprint density at radius 1 is 1.10 bits per heavy atom. The fourth-order valence-corrected chi connectivity index (χ4v) is 3.19. The monoisotopic (exact) mass is 420 g/mol. The van der Waals surface area contributed by atoms with E-state index in [4.69, 9.17) is 14.0 Å². The van der Waals surface area contributed by atoms with Crippen LogP contribution in [0.15, 0.2) is 59.1 Å². The summed E-state index contributed by atoms with van der Waals surface area (Å²) < 4.78 is 16.7. The van der Waals surface area contributed by atoms with Crippen LogP contribution in [0.25, 0.3) is 0 Å². The standard InChI is InChI=1S/C24H24N2O5/c1-15-20(16(2)31-26-15)14-29-21-11-7-6-10-19(21)24(28)30-22(17-8-4-3-5-9-17)23(27)25-18-12-13-18/h3-11,18,22H,12-14H2,1-2H3,(H,25,27)/t22-/m1/s1. The van der Waals surface area contributed by atoms with Gasteiger partial charge in [-0.05, 0) is 38.8 Å². The summed E-state index contributed by atoms with van der Waals surface area (Å²) in [6.07, 6.45) is 0.851. The number of carbonyl (C=O) groups excluding carboxylic acids is 2. The molecular formula is C24H24N2O5. The summed E-state index contributed by atoms with van der Waals surface area (Å²) in [5.41, 5.74) is 2.42. The number of hydrogen-bond donors (Lipinski definition) is 1. The van der Waals surface area contributed by atoms with Crippen molar-refractivity contribution in [2.45, 2.75) is 45.4 Å². The van der Waals surface area contributed by atoms with Gasteiger partial charge in [-0.15, -0.1) is 0 Å². The summed E-state index contributed by atoms with van der Waals surface area (Å²) in [4.78, 5) is 25.8. The third-order valence-corrected chi connectivity index (χ3v) is 5.15. The third-order valence-electron chi connectivity index (χ3n) is 5.15. The van der Waals surface area contributed by atoms with Crippen molar-refractivity contribution < 1.29 is 23.6 Å². The highest BCUT2D eigenvalue weighted by Gasteiger charge is 2.31. The van der Waals surface area contributed by atoms with Crippen molar-refractivity contribution in [2.75, 3.05) is 0 Å². The molecule has 0 saturated heterocycles. The maximum Gasteiger partial charge on any atom is 0.343 e. The van der Waals surface area contributed by atoms with E-state index < -0.39 is 12.1 Å². The van der Waals surface area contributed by atoms with Gasteiger partial charge >= 0.3 is 5.97 Å². The molecule has 1 amide bonds. The molecule has 1 aromatic heterocycles. The maximum absolute atomic E-state index is 13.0. The van der Waals surface area contributed by atoms with Crippen molar-refractivity contribution in [1.82, 2.24) is 10.5 Å². The van der Waals surface area contributed by atoms with Gasteiger partial charge in [-0.2, -0.15) is 0 Å². The molecule has 31 heavy (non-hydrogen) atoms. The molecule has 160 valence electrons. The second-order valence-electron chi connectivity index (χ2n) is 7.57. The summed E-state index contributed by atoms with van der Waals surface area (Å²) in [6, 6.07) is 16.0. The van der Waals surface area contributed by atoms with E-state index in [1.165, 1.54) is 0 Å². The molecule has 7 nitrogen and oxygen atoms in total.